The normalized spacial score (nSPS) is 15.0. The third-order valence-electron chi connectivity index (χ3n) is 9.58. The number of unbranched alkanes of at least 4 members (excludes halogenated alkanes) is 2. The van der Waals surface area contributed by atoms with Crippen molar-refractivity contribution in [1.82, 2.24) is 10.3 Å². The molecule has 6 nitrogen and oxygen atoms in total. The average molecular weight is 758 g/mol. The Morgan fingerprint density at radius 2 is 1.33 bits per heavy atom. The largest absolute Gasteiger partial charge is 0.348 e. The molecule has 1 aromatic heterocycles. The Morgan fingerprint density at radius 3 is 1.70 bits per heavy atom. The maximum atomic E-state index is 13.3. The molecule has 1 aliphatic carbocycles. The molecule has 0 spiro atoms. The Kier molecular flexibility index (Phi) is 24.0. The molecule has 7 heteroatoms. The summed E-state index contributed by atoms with van der Waals surface area (Å²) in [4.78, 5) is 40.7. The number of thiazole rings is 1. The van der Waals surface area contributed by atoms with Gasteiger partial charge in [-0.15, -0.1) is 0 Å². The van der Waals surface area contributed by atoms with Gasteiger partial charge in [0.05, 0.1) is 16.5 Å². The van der Waals surface area contributed by atoms with Crippen LogP contribution in [0.4, 0.5) is 5.13 Å². The minimum absolute atomic E-state index is 0.0775. The Bertz CT molecular complexity index is 1520. The lowest BCUT2D eigenvalue weighted by Gasteiger charge is -2.30. The van der Waals surface area contributed by atoms with E-state index in [1.807, 2.05) is 73.7 Å². The maximum absolute atomic E-state index is 13.3. The summed E-state index contributed by atoms with van der Waals surface area (Å²) in [6, 6.07) is 20.0. The van der Waals surface area contributed by atoms with Gasteiger partial charge in [-0.05, 0) is 55.7 Å². The number of Topliss-reactive ketones (excluding diaryl/α,β-unsaturated/α-hetero) is 1. The number of benzene rings is 2. The van der Waals surface area contributed by atoms with E-state index in [0.717, 1.165) is 35.1 Å². The number of nitrogens with one attached hydrogen (secondary N) is 1. The topological polar surface area (TPSA) is 79.4 Å². The zero-order valence-electron chi connectivity index (χ0n) is 35.4. The number of nitrogens with zero attached hydrogens (tertiary/aromatic N) is 2. The van der Waals surface area contributed by atoms with Crippen molar-refractivity contribution in [3.8, 4) is 0 Å². The monoisotopic (exact) mass is 758 g/mol. The molecule has 1 heterocycles. The van der Waals surface area contributed by atoms with Crippen LogP contribution in [0.2, 0.25) is 0 Å². The van der Waals surface area contributed by atoms with Crippen LogP contribution in [0.5, 0.6) is 0 Å². The van der Waals surface area contributed by atoms with Crippen molar-refractivity contribution in [2.75, 3.05) is 18.0 Å². The van der Waals surface area contributed by atoms with Crippen LogP contribution in [-0.4, -0.2) is 36.7 Å². The summed E-state index contributed by atoms with van der Waals surface area (Å²) >= 11 is 1.84. The van der Waals surface area contributed by atoms with Gasteiger partial charge in [0, 0.05) is 24.1 Å². The molecular weight excluding hydrogens is 687 g/mol. The Hall–Kier alpha value is -3.84. The van der Waals surface area contributed by atoms with Crippen LogP contribution in [0.3, 0.4) is 0 Å². The second-order valence-corrected chi connectivity index (χ2v) is 15.9. The summed E-state index contributed by atoms with van der Waals surface area (Å²) in [5.41, 5.74) is 5.53. The summed E-state index contributed by atoms with van der Waals surface area (Å²) < 4.78 is 0. The average Bonchev–Trinajstić information content (AvgIpc) is 3.62. The predicted octanol–water partition coefficient (Wildman–Crippen LogP) is 12.4. The van der Waals surface area contributed by atoms with Crippen LogP contribution in [0.1, 0.15) is 147 Å². The second-order valence-electron chi connectivity index (χ2n) is 14.9. The van der Waals surface area contributed by atoms with Crippen LogP contribution in [0.15, 0.2) is 77.9 Å². The minimum atomic E-state index is -0.172. The van der Waals surface area contributed by atoms with E-state index in [1.165, 1.54) is 67.4 Å². The number of allylic oxidation sites excluding steroid dienone is 3. The molecule has 3 unspecified atom stereocenters. The third-order valence-corrected chi connectivity index (χ3v) is 10.6. The van der Waals surface area contributed by atoms with Gasteiger partial charge < -0.3 is 10.2 Å². The number of imide groups is 1. The first-order chi connectivity index (χ1) is 25.9. The quantitative estimate of drug-likeness (QED) is 0.103. The van der Waals surface area contributed by atoms with Crippen LogP contribution in [-0.2, 0) is 15.0 Å². The van der Waals surface area contributed by atoms with Crippen molar-refractivity contribution in [2.45, 2.75) is 133 Å². The highest BCUT2D eigenvalue weighted by atomic mass is 32.1. The number of rotatable bonds is 18. The van der Waals surface area contributed by atoms with E-state index in [4.69, 9.17) is 14.6 Å². The predicted molar refractivity (Wildman–Crippen MR) is 233 cm³/mol. The molecule has 54 heavy (non-hydrogen) atoms. The summed E-state index contributed by atoms with van der Waals surface area (Å²) in [6.07, 6.45) is 15.1. The van der Waals surface area contributed by atoms with Gasteiger partial charge in [0.25, 0.3) is 0 Å². The molecule has 0 bridgehead atoms. The third kappa shape index (κ3) is 16.7. The van der Waals surface area contributed by atoms with Gasteiger partial charge in [-0.1, -0.05) is 184 Å². The van der Waals surface area contributed by atoms with E-state index in [0.29, 0.717) is 24.7 Å². The Morgan fingerprint density at radius 1 is 0.833 bits per heavy atom. The van der Waals surface area contributed by atoms with Crippen LogP contribution in [0.25, 0.3) is 6.08 Å². The molecule has 3 aromatic rings. The first kappa shape index (κ1) is 48.2. The maximum Gasteiger partial charge on any atom is 0.213 e. The highest BCUT2D eigenvalue weighted by Gasteiger charge is 2.32. The number of hydrogen-bond acceptors (Lipinski definition) is 6. The van der Waals surface area contributed by atoms with E-state index in [-0.39, 0.29) is 17.1 Å². The minimum Gasteiger partial charge on any atom is -0.348 e. The van der Waals surface area contributed by atoms with Crippen molar-refractivity contribution in [3.63, 3.8) is 0 Å². The lowest BCUT2D eigenvalue weighted by atomic mass is 9.76. The van der Waals surface area contributed by atoms with Crippen molar-refractivity contribution >= 4 is 41.1 Å². The van der Waals surface area contributed by atoms with Gasteiger partial charge in [-0.3, -0.25) is 14.4 Å². The number of carbonyl (C=O) groups is 3. The van der Waals surface area contributed by atoms with Gasteiger partial charge in [0.15, 0.2) is 10.9 Å². The summed E-state index contributed by atoms with van der Waals surface area (Å²) in [6.45, 7) is 26.5. The van der Waals surface area contributed by atoms with Crippen molar-refractivity contribution in [3.05, 3.63) is 99.6 Å². The Labute approximate surface area is 333 Å². The van der Waals surface area contributed by atoms with Crippen LogP contribution >= 0.6 is 11.3 Å². The smallest absolute Gasteiger partial charge is 0.213 e. The van der Waals surface area contributed by atoms with Crippen molar-refractivity contribution < 1.29 is 14.4 Å². The molecule has 0 aliphatic heterocycles. The Balaban J connectivity index is 0.000000877. The molecule has 3 atom stereocenters. The molecule has 2 aromatic carbocycles. The number of amides is 2. The van der Waals surface area contributed by atoms with Crippen molar-refractivity contribution in [2.24, 2.45) is 17.8 Å². The SMILES string of the molecule is CC.CCCCC(CC)CN(CC(CC)CCCC)c1nc(C(C)(C)C)c(/C=C2/C(C)=CC2C(=O)c2ccccc2)s1.Cc1ccccc1.O=CNC=O. The zero-order chi connectivity index (χ0) is 40.5. The fourth-order valence-electron chi connectivity index (χ4n) is 6.27. The molecule has 0 saturated heterocycles. The van der Waals surface area contributed by atoms with Crippen LogP contribution in [0, 0.1) is 24.7 Å². The summed E-state index contributed by atoms with van der Waals surface area (Å²) in [7, 11) is 0. The molecule has 2 amide bonds. The van der Waals surface area contributed by atoms with E-state index < -0.39 is 0 Å². The van der Waals surface area contributed by atoms with E-state index in [9.17, 15) is 4.79 Å². The number of hydrogen-bond donors (Lipinski definition) is 1. The summed E-state index contributed by atoms with van der Waals surface area (Å²) in [5.74, 6) is 1.40. The zero-order valence-corrected chi connectivity index (χ0v) is 36.2. The van der Waals surface area contributed by atoms with Gasteiger partial charge in [0.1, 0.15) is 0 Å². The standard InChI is InChI=1S/C36H54N2OS.C7H8.C2H3NO2.C2H6/c1-9-13-18-27(11-3)24-38(25-28(12-4)19-14-10-2)35-37-34(36(6,7)8)32(40-35)23-30-26(5)22-31(30)33(39)29-20-16-15-17-21-29;1-7-5-3-2-4-6-7;4-1-3-2-5;1-2/h15-17,20-23,27-28,31H,9-14,18-19,24-25H2,1-8H3;2-6H,1H3;1-2H,(H,3,4,5);1-2H3/b30-23-;;;. The molecule has 1 aliphatic rings. The lowest BCUT2D eigenvalue weighted by molar-refractivity contribution is -0.117. The fraction of sp³-hybridized carbons (Fsp3) is 0.532. The summed E-state index contributed by atoms with van der Waals surface area (Å²) in [5, 5.41) is 2.91. The number of aromatic nitrogens is 1. The number of carbonyl (C=O) groups excluding carboxylic acids is 3. The van der Waals surface area contributed by atoms with Crippen molar-refractivity contribution in [1.29, 1.82) is 0 Å². The molecule has 0 radical (unpaired) electrons. The molecule has 298 valence electrons. The molecule has 0 fully saturated rings. The highest BCUT2D eigenvalue weighted by Crippen LogP contribution is 2.41. The first-order valence-corrected chi connectivity index (χ1v) is 21.2. The van der Waals surface area contributed by atoms with Gasteiger partial charge in [-0.2, -0.15) is 0 Å². The van der Waals surface area contributed by atoms with E-state index >= 15 is 0 Å². The number of ketones is 1. The second kappa shape index (κ2) is 26.9. The molecule has 1 N–H and O–H groups in total. The van der Waals surface area contributed by atoms with Gasteiger partial charge >= 0.3 is 0 Å². The lowest BCUT2D eigenvalue weighted by Crippen LogP contribution is -2.34. The molecular formula is C47H71N3O3S. The number of aryl methyl sites for hydroxylation is 1. The molecule has 0 saturated carbocycles. The van der Waals surface area contributed by atoms with Crippen LogP contribution < -0.4 is 10.2 Å². The van der Waals surface area contributed by atoms with Gasteiger partial charge in [-0.25, -0.2) is 4.98 Å². The molecule has 4 rings (SSSR count). The van der Waals surface area contributed by atoms with E-state index in [2.05, 4.69) is 91.5 Å². The number of anilines is 1. The van der Waals surface area contributed by atoms with E-state index in [1.54, 1.807) is 5.32 Å². The fourth-order valence-corrected chi connectivity index (χ4v) is 7.52. The van der Waals surface area contributed by atoms with Gasteiger partial charge in [0.2, 0.25) is 12.8 Å². The highest BCUT2D eigenvalue weighted by molar-refractivity contribution is 7.16. The first-order valence-electron chi connectivity index (χ1n) is 20.3.